The van der Waals surface area contributed by atoms with Crippen molar-refractivity contribution in [1.29, 1.82) is 0 Å². The van der Waals surface area contributed by atoms with E-state index in [9.17, 15) is 0 Å². The molecule has 0 aliphatic rings. The lowest BCUT2D eigenvalue weighted by atomic mass is 9.96. The Balaban J connectivity index is 3.18. The van der Waals surface area contributed by atoms with Crippen LogP contribution >= 0.6 is 0 Å². The number of allylic oxidation sites excluding steroid dienone is 2. The van der Waals surface area contributed by atoms with Crippen LogP contribution in [0.5, 0.6) is 0 Å². The first-order valence-electron chi connectivity index (χ1n) is 13.0. The second kappa shape index (κ2) is 24.8. The highest BCUT2D eigenvalue weighted by molar-refractivity contribution is 4.81. The topological polar surface area (TPSA) is 0 Å². The molecule has 0 fully saturated rings. The third kappa shape index (κ3) is 23.8. The number of unbranched alkanes of at least 4 members (excludes halogenated alkanes) is 17. The smallest absolute Gasteiger partial charge is 0.0351 e. The molecule has 2 radical (unpaired) electrons. The van der Waals surface area contributed by atoms with Crippen LogP contribution in [0.3, 0.4) is 0 Å². The van der Waals surface area contributed by atoms with Crippen molar-refractivity contribution in [2.24, 2.45) is 5.92 Å². The molecule has 1 atom stereocenters. The maximum atomic E-state index is 3.92. The van der Waals surface area contributed by atoms with E-state index in [-0.39, 0.29) is 0 Å². The summed E-state index contributed by atoms with van der Waals surface area (Å²) in [5, 5.41) is 0. The van der Waals surface area contributed by atoms with Gasteiger partial charge in [-0.1, -0.05) is 148 Å². The Morgan fingerprint density at radius 1 is 0.464 bits per heavy atom. The molecule has 0 aromatic carbocycles. The summed E-state index contributed by atoms with van der Waals surface area (Å²) in [5.74, 6) is 0.946. The number of rotatable bonds is 23. The van der Waals surface area contributed by atoms with Crippen LogP contribution in [0.25, 0.3) is 0 Å². The fraction of sp³-hybridized carbons (Fsp3) is 0.857. The van der Waals surface area contributed by atoms with Crippen LogP contribution in [0.1, 0.15) is 148 Å². The molecule has 28 heavy (non-hydrogen) atoms. The summed E-state index contributed by atoms with van der Waals surface area (Å²) in [7, 11) is 0. The molecule has 0 aromatic heterocycles. The van der Waals surface area contributed by atoms with Gasteiger partial charge < -0.3 is 0 Å². The first-order valence-corrected chi connectivity index (χ1v) is 13.0. The maximum Gasteiger partial charge on any atom is -0.0351 e. The Kier molecular flexibility index (Phi) is 24.5. The lowest BCUT2D eigenvalue weighted by Crippen LogP contribution is -1.95. The Bertz CT molecular complexity index is 290. The standard InChI is InChI=1S/C28H54/c1-4-6-8-10-12-13-14-15-16-17-18-19-21-23-25-27-28(3)26-24-22-20-11-9-7-5-2/h15-16,28H,1-2,4-14,17-27H2,3H3/b16-15+. The quantitative estimate of drug-likeness (QED) is 0.120. The zero-order valence-corrected chi connectivity index (χ0v) is 19.7. The third-order valence-electron chi connectivity index (χ3n) is 6.05. The molecular formula is C28H54. The summed E-state index contributed by atoms with van der Waals surface area (Å²) in [5.41, 5.74) is 0. The summed E-state index contributed by atoms with van der Waals surface area (Å²) >= 11 is 0. The van der Waals surface area contributed by atoms with Crippen LogP contribution in [-0.4, -0.2) is 0 Å². The molecule has 0 aromatic rings. The highest BCUT2D eigenvalue weighted by atomic mass is 14.1. The lowest BCUT2D eigenvalue weighted by Gasteiger charge is -2.11. The Hall–Kier alpha value is -0.260. The van der Waals surface area contributed by atoms with E-state index in [0.717, 1.165) is 18.8 Å². The zero-order chi connectivity index (χ0) is 20.5. The molecule has 0 saturated carbocycles. The second-order valence-electron chi connectivity index (χ2n) is 9.10. The van der Waals surface area contributed by atoms with Crippen molar-refractivity contribution in [1.82, 2.24) is 0 Å². The molecule has 1 unspecified atom stereocenters. The average Bonchev–Trinajstić information content (AvgIpc) is 2.70. The average molecular weight is 391 g/mol. The predicted octanol–water partition coefficient (Wildman–Crippen LogP) is 10.4. The van der Waals surface area contributed by atoms with E-state index in [0.29, 0.717) is 0 Å². The third-order valence-corrected chi connectivity index (χ3v) is 6.05. The summed E-state index contributed by atoms with van der Waals surface area (Å²) in [6, 6.07) is 0. The first-order chi connectivity index (χ1) is 13.8. The van der Waals surface area contributed by atoms with Crippen molar-refractivity contribution in [2.45, 2.75) is 148 Å². The van der Waals surface area contributed by atoms with E-state index in [4.69, 9.17) is 0 Å². The summed E-state index contributed by atoms with van der Waals surface area (Å²) in [6.07, 6.45) is 35.1. The Labute approximate surface area is 180 Å². The number of hydrogen-bond donors (Lipinski definition) is 0. The highest BCUT2D eigenvalue weighted by Gasteiger charge is 2.02. The van der Waals surface area contributed by atoms with Crippen molar-refractivity contribution in [3.63, 3.8) is 0 Å². The largest absolute Gasteiger partial charge is 0.0885 e. The fourth-order valence-electron chi connectivity index (χ4n) is 4.01. The van der Waals surface area contributed by atoms with Crippen molar-refractivity contribution in [3.05, 3.63) is 26.0 Å². The molecule has 0 saturated heterocycles. The lowest BCUT2D eigenvalue weighted by molar-refractivity contribution is 0.431. The molecule has 0 nitrogen and oxygen atoms in total. The maximum absolute atomic E-state index is 3.92. The minimum atomic E-state index is 0.946. The normalized spacial score (nSPS) is 12.8. The van der Waals surface area contributed by atoms with Crippen LogP contribution in [-0.2, 0) is 0 Å². The Morgan fingerprint density at radius 3 is 1.18 bits per heavy atom. The van der Waals surface area contributed by atoms with Gasteiger partial charge in [0.15, 0.2) is 0 Å². The van der Waals surface area contributed by atoms with Crippen LogP contribution in [0.15, 0.2) is 12.2 Å². The van der Waals surface area contributed by atoms with E-state index in [1.54, 1.807) is 0 Å². The molecule has 0 spiro atoms. The van der Waals surface area contributed by atoms with Gasteiger partial charge in [0.05, 0.1) is 0 Å². The van der Waals surface area contributed by atoms with Gasteiger partial charge in [-0.15, -0.1) is 0 Å². The molecular weight excluding hydrogens is 336 g/mol. The van der Waals surface area contributed by atoms with Crippen LogP contribution in [0.4, 0.5) is 0 Å². The van der Waals surface area contributed by atoms with E-state index < -0.39 is 0 Å². The molecule has 0 heterocycles. The molecule has 0 N–H and O–H groups in total. The van der Waals surface area contributed by atoms with Gasteiger partial charge in [-0.2, -0.15) is 0 Å². The Morgan fingerprint density at radius 2 is 0.786 bits per heavy atom. The molecule has 0 rings (SSSR count). The SMILES string of the molecule is [CH2]CCCCCCC/C=C/CCCCCCCC(C)CCCCCCCC[CH2]. The van der Waals surface area contributed by atoms with Gasteiger partial charge >= 0.3 is 0 Å². The van der Waals surface area contributed by atoms with Gasteiger partial charge in [0.25, 0.3) is 0 Å². The minimum Gasteiger partial charge on any atom is -0.0885 e. The van der Waals surface area contributed by atoms with Crippen LogP contribution in [0, 0.1) is 19.8 Å². The van der Waals surface area contributed by atoms with Crippen LogP contribution < -0.4 is 0 Å². The van der Waals surface area contributed by atoms with Crippen LogP contribution in [0.2, 0.25) is 0 Å². The van der Waals surface area contributed by atoms with Crippen molar-refractivity contribution in [2.75, 3.05) is 0 Å². The molecule has 0 bridgehead atoms. The van der Waals surface area contributed by atoms with Gasteiger partial charge in [-0.3, -0.25) is 0 Å². The van der Waals surface area contributed by atoms with E-state index in [1.165, 1.54) is 128 Å². The molecule has 0 aliphatic heterocycles. The zero-order valence-electron chi connectivity index (χ0n) is 19.7. The van der Waals surface area contributed by atoms with E-state index in [2.05, 4.69) is 32.9 Å². The molecule has 0 amide bonds. The number of hydrogen-bond acceptors (Lipinski definition) is 0. The fourth-order valence-corrected chi connectivity index (χ4v) is 4.01. The van der Waals surface area contributed by atoms with Gasteiger partial charge in [0, 0.05) is 0 Å². The molecule has 166 valence electrons. The van der Waals surface area contributed by atoms with Gasteiger partial charge in [0.2, 0.25) is 0 Å². The monoisotopic (exact) mass is 390 g/mol. The van der Waals surface area contributed by atoms with Crippen molar-refractivity contribution < 1.29 is 0 Å². The summed E-state index contributed by atoms with van der Waals surface area (Å²) in [6.45, 7) is 10.3. The summed E-state index contributed by atoms with van der Waals surface area (Å²) in [4.78, 5) is 0. The predicted molar refractivity (Wildman–Crippen MR) is 131 cm³/mol. The van der Waals surface area contributed by atoms with E-state index >= 15 is 0 Å². The van der Waals surface area contributed by atoms with Gasteiger partial charge in [-0.25, -0.2) is 0 Å². The van der Waals surface area contributed by atoms with Crippen molar-refractivity contribution >= 4 is 0 Å². The first kappa shape index (κ1) is 27.7. The van der Waals surface area contributed by atoms with Gasteiger partial charge in [0.1, 0.15) is 0 Å². The molecule has 0 aliphatic carbocycles. The second-order valence-corrected chi connectivity index (χ2v) is 9.10. The van der Waals surface area contributed by atoms with E-state index in [1.807, 2.05) is 0 Å². The van der Waals surface area contributed by atoms with Crippen molar-refractivity contribution in [3.8, 4) is 0 Å². The molecule has 0 heteroatoms. The van der Waals surface area contributed by atoms with Gasteiger partial charge in [-0.05, 0) is 31.6 Å². The summed E-state index contributed by atoms with van der Waals surface area (Å²) < 4.78 is 0. The highest BCUT2D eigenvalue weighted by Crippen LogP contribution is 2.18. The minimum absolute atomic E-state index is 0.946.